The molecule has 3 rings (SSSR count). The van der Waals surface area contributed by atoms with Crippen LogP contribution in [0.1, 0.15) is 23.1 Å². The Bertz CT molecular complexity index is 621. The first kappa shape index (κ1) is 18.8. The van der Waals surface area contributed by atoms with E-state index in [4.69, 9.17) is 0 Å². The molecular formula is C16H15Cl2Zr. The van der Waals surface area contributed by atoms with E-state index < -0.39 is 0 Å². The van der Waals surface area contributed by atoms with Crippen LogP contribution in [0.4, 0.5) is 0 Å². The standard InChI is InChI=1S/C16H15.2ClH.Zr/c1-11-6-5-9-14-10-15(12(2)16(11)14)13-7-3-4-8-13;;;/h3-7,9-10H,8H2,1-2H3;2*1H;/q-1;;;+3/p-2. The Balaban J connectivity index is 0.00000108. The van der Waals surface area contributed by atoms with Gasteiger partial charge < -0.3 is 24.8 Å². The molecule has 0 bridgehead atoms. The van der Waals surface area contributed by atoms with E-state index in [0.717, 1.165) is 6.42 Å². The number of hydrogen-bond acceptors (Lipinski definition) is 0. The second-order valence-electron chi connectivity index (χ2n) is 4.55. The number of allylic oxidation sites excluding steroid dienone is 4. The largest absolute Gasteiger partial charge is 3.00 e. The summed E-state index contributed by atoms with van der Waals surface area (Å²) in [7, 11) is 0. The maximum absolute atomic E-state index is 2.33. The number of hydrogen-bond donors (Lipinski definition) is 0. The third-order valence-electron chi connectivity index (χ3n) is 3.50. The van der Waals surface area contributed by atoms with Crippen molar-refractivity contribution in [2.45, 2.75) is 20.3 Å². The molecule has 1 aliphatic rings. The van der Waals surface area contributed by atoms with Crippen molar-refractivity contribution in [1.82, 2.24) is 0 Å². The van der Waals surface area contributed by atoms with Crippen molar-refractivity contribution >= 4 is 16.3 Å². The first-order chi connectivity index (χ1) is 7.77. The molecule has 0 spiro atoms. The van der Waals surface area contributed by atoms with Gasteiger partial charge in [0.25, 0.3) is 0 Å². The molecule has 0 fully saturated rings. The van der Waals surface area contributed by atoms with Crippen LogP contribution in [0.5, 0.6) is 0 Å². The third kappa shape index (κ3) is 3.27. The van der Waals surface area contributed by atoms with Crippen molar-refractivity contribution < 1.29 is 51.0 Å². The number of rotatable bonds is 1. The Morgan fingerprint density at radius 1 is 1.11 bits per heavy atom. The van der Waals surface area contributed by atoms with Gasteiger partial charge in [0, 0.05) is 0 Å². The molecule has 0 unspecified atom stereocenters. The summed E-state index contributed by atoms with van der Waals surface area (Å²) in [5, 5.41) is 2.81. The van der Waals surface area contributed by atoms with Gasteiger partial charge in [-0.25, -0.2) is 0 Å². The van der Waals surface area contributed by atoms with Crippen LogP contribution in [0.15, 0.2) is 42.5 Å². The Labute approximate surface area is 146 Å². The van der Waals surface area contributed by atoms with E-state index >= 15 is 0 Å². The Morgan fingerprint density at radius 2 is 1.84 bits per heavy atom. The van der Waals surface area contributed by atoms with Crippen LogP contribution in [0.2, 0.25) is 0 Å². The number of benzene rings is 1. The van der Waals surface area contributed by atoms with Crippen LogP contribution in [0.3, 0.4) is 0 Å². The van der Waals surface area contributed by atoms with Crippen LogP contribution in [-0.2, 0) is 26.2 Å². The molecular weight excluding hydrogens is 354 g/mol. The summed E-state index contributed by atoms with van der Waals surface area (Å²) in [6.45, 7) is 4.43. The first-order valence-electron chi connectivity index (χ1n) is 5.79. The predicted octanol–water partition coefficient (Wildman–Crippen LogP) is -1.48. The van der Waals surface area contributed by atoms with E-state index in [2.05, 4.69) is 56.3 Å². The molecule has 0 aromatic heterocycles. The Kier molecular flexibility index (Phi) is 7.44. The topological polar surface area (TPSA) is 0 Å². The van der Waals surface area contributed by atoms with Crippen LogP contribution < -0.4 is 24.8 Å². The molecule has 2 aromatic rings. The van der Waals surface area contributed by atoms with Gasteiger partial charge in [0.2, 0.25) is 0 Å². The van der Waals surface area contributed by atoms with Crippen molar-refractivity contribution in [2.24, 2.45) is 0 Å². The van der Waals surface area contributed by atoms with E-state index in [0.29, 0.717) is 0 Å². The van der Waals surface area contributed by atoms with E-state index in [1.54, 1.807) is 0 Å². The Morgan fingerprint density at radius 3 is 2.42 bits per heavy atom. The van der Waals surface area contributed by atoms with Gasteiger partial charge in [0.15, 0.2) is 0 Å². The summed E-state index contributed by atoms with van der Waals surface area (Å²) >= 11 is 0. The summed E-state index contributed by atoms with van der Waals surface area (Å²) in [6, 6.07) is 8.88. The number of aryl methyl sites for hydroxylation is 2. The first-order valence-corrected chi connectivity index (χ1v) is 5.79. The second-order valence-corrected chi connectivity index (χ2v) is 4.55. The van der Waals surface area contributed by atoms with Crippen LogP contribution in [0, 0.1) is 13.8 Å². The molecule has 1 radical (unpaired) electrons. The quantitative estimate of drug-likeness (QED) is 0.539. The second kappa shape index (κ2) is 7.53. The molecule has 2 aromatic carbocycles. The molecule has 0 amide bonds. The fourth-order valence-corrected chi connectivity index (χ4v) is 2.70. The fourth-order valence-electron chi connectivity index (χ4n) is 2.70. The molecule has 0 saturated heterocycles. The summed E-state index contributed by atoms with van der Waals surface area (Å²) in [4.78, 5) is 0. The minimum atomic E-state index is 0. The molecule has 0 nitrogen and oxygen atoms in total. The van der Waals surface area contributed by atoms with E-state index in [-0.39, 0.29) is 51.0 Å². The van der Waals surface area contributed by atoms with Gasteiger partial charge in [-0.05, 0) is 13.3 Å². The molecule has 97 valence electrons. The van der Waals surface area contributed by atoms with Crippen molar-refractivity contribution in [3.8, 4) is 0 Å². The summed E-state index contributed by atoms with van der Waals surface area (Å²) in [5.74, 6) is 0. The minimum Gasteiger partial charge on any atom is -1.00 e. The summed E-state index contributed by atoms with van der Waals surface area (Å²) in [5.41, 5.74) is 5.69. The van der Waals surface area contributed by atoms with Gasteiger partial charge in [-0.15, -0.1) is 39.6 Å². The van der Waals surface area contributed by atoms with Crippen LogP contribution >= 0.6 is 0 Å². The van der Waals surface area contributed by atoms with Gasteiger partial charge in [-0.2, -0.15) is 0 Å². The van der Waals surface area contributed by atoms with Crippen molar-refractivity contribution in [3.05, 3.63) is 59.2 Å². The van der Waals surface area contributed by atoms with Gasteiger partial charge in [0.1, 0.15) is 0 Å². The molecule has 0 heterocycles. The van der Waals surface area contributed by atoms with Gasteiger partial charge in [0.05, 0.1) is 0 Å². The van der Waals surface area contributed by atoms with Crippen molar-refractivity contribution in [3.63, 3.8) is 0 Å². The zero-order valence-electron chi connectivity index (χ0n) is 11.0. The molecule has 0 saturated carbocycles. The number of halogens is 2. The smallest absolute Gasteiger partial charge is 1.00 e. The normalized spacial score (nSPS) is 12.4. The average molecular weight is 369 g/mol. The maximum atomic E-state index is 2.33. The average Bonchev–Trinajstić information content (AvgIpc) is 2.86. The monoisotopic (exact) mass is 367 g/mol. The minimum absolute atomic E-state index is 0. The van der Waals surface area contributed by atoms with Gasteiger partial charge >= 0.3 is 26.2 Å². The van der Waals surface area contributed by atoms with Gasteiger partial charge in [-0.1, -0.05) is 42.8 Å². The molecule has 0 atom stereocenters. The van der Waals surface area contributed by atoms with Crippen molar-refractivity contribution in [2.75, 3.05) is 0 Å². The van der Waals surface area contributed by atoms with E-state index in [1.165, 1.54) is 33.0 Å². The maximum Gasteiger partial charge on any atom is 3.00 e. The molecule has 1 aliphatic carbocycles. The SMILES string of the molecule is Cc1cccc2[cH-]c(C3=CC=CC3)c(C)c12.[Cl-].[Cl-].[Zr+3]. The number of fused-ring (bicyclic) bond motifs is 1. The molecule has 3 heteroatoms. The summed E-state index contributed by atoms with van der Waals surface area (Å²) < 4.78 is 0. The predicted molar refractivity (Wildman–Crippen MR) is 70.7 cm³/mol. The molecule has 0 aliphatic heterocycles. The zero-order valence-corrected chi connectivity index (χ0v) is 15.0. The summed E-state index contributed by atoms with van der Waals surface area (Å²) in [6.07, 6.45) is 7.69. The molecule has 0 N–H and O–H groups in total. The zero-order chi connectivity index (χ0) is 11.1. The van der Waals surface area contributed by atoms with Gasteiger partial charge in [-0.3, -0.25) is 0 Å². The molecule has 19 heavy (non-hydrogen) atoms. The third-order valence-corrected chi connectivity index (χ3v) is 3.50. The van der Waals surface area contributed by atoms with E-state index in [9.17, 15) is 0 Å². The fraction of sp³-hybridized carbons (Fsp3) is 0.188. The van der Waals surface area contributed by atoms with E-state index in [1.807, 2.05) is 0 Å². The van der Waals surface area contributed by atoms with Crippen LogP contribution in [-0.4, -0.2) is 0 Å². The van der Waals surface area contributed by atoms with Crippen molar-refractivity contribution in [1.29, 1.82) is 0 Å². The van der Waals surface area contributed by atoms with Crippen LogP contribution in [0.25, 0.3) is 16.3 Å². The Hall–Kier alpha value is -0.227.